The summed E-state index contributed by atoms with van der Waals surface area (Å²) >= 11 is 0. The van der Waals surface area contributed by atoms with Crippen LogP contribution in [-0.2, 0) is 6.42 Å². The smallest absolute Gasteiger partial charge is 0.313 e. The van der Waals surface area contributed by atoms with Crippen LogP contribution in [0.25, 0.3) is 11.1 Å². The lowest BCUT2D eigenvalue weighted by Crippen LogP contribution is -2.35. The third kappa shape index (κ3) is 6.20. The molecule has 0 bridgehead atoms. The van der Waals surface area contributed by atoms with Gasteiger partial charge in [-0.1, -0.05) is 45.0 Å². The molecule has 1 atom stereocenters. The fourth-order valence-corrected chi connectivity index (χ4v) is 4.09. The minimum absolute atomic E-state index is 0.232. The van der Waals surface area contributed by atoms with E-state index in [4.69, 9.17) is 20.0 Å². The van der Waals surface area contributed by atoms with Crippen molar-refractivity contribution < 1.29 is 9.15 Å². The molecule has 0 amide bonds. The normalized spacial score (nSPS) is 14.8. The Morgan fingerprint density at radius 3 is 2.55 bits per heavy atom. The molecule has 0 radical (unpaired) electrons. The zero-order chi connectivity index (χ0) is 23.4. The highest BCUT2D eigenvalue weighted by molar-refractivity contribution is 6.04. The van der Waals surface area contributed by atoms with Crippen molar-refractivity contribution in [3.05, 3.63) is 54.1 Å². The summed E-state index contributed by atoms with van der Waals surface area (Å²) in [4.78, 5) is 13.6. The Hall–Kier alpha value is -3.19. The fraction of sp³-hybridized carbons (Fsp3) is 0.423. The van der Waals surface area contributed by atoms with Gasteiger partial charge in [-0.25, -0.2) is 10.8 Å². The molecule has 7 heteroatoms. The first-order valence-corrected chi connectivity index (χ1v) is 11.4. The van der Waals surface area contributed by atoms with Gasteiger partial charge in [0.2, 0.25) is 0 Å². The topological polar surface area (TPSA) is 89.2 Å². The van der Waals surface area contributed by atoms with E-state index < -0.39 is 0 Å². The molecule has 0 aliphatic carbocycles. The molecule has 33 heavy (non-hydrogen) atoms. The number of para-hydroxylation sites is 2. The van der Waals surface area contributed by atoms with Crippen LogP contribution in [0.5, 0.6) is 5.75 Å². The molecular weight excluding hydrogens is 414 g/mol. The lowest BCUT2D eigenvalue weighted by atomic mass is 9.79. The number of aromatic nitrogens is 1. The van der Waals surface area contributed by atoms with Crippen molar-refractivity contribution in [3.8, 4) is 5.75 Å². The monoisotopic (exact) mass is 447 g/mol. The third-order valence-electron chi connectivity index (χ3n) is 5.64. The molecule has 1 aromatic heterocycles. The van der Waals surface area contributed by atoms with Gasteiger partial charge in [-0.05, 0) is 55.0 Å². The van der Waals surface area contributed by atoms with Crippen molar-refractivity contribution in [2.45, 2.75) is 40.5 Å². The first-order valence-electron chi connectivity index (χ1n) is 11.4. The summed E-state index contributed by atoms with van der Waals surface area (Å²) in [5.74, 6) is 8.19. The number of rotatable bonds is 9. The van der Waals surface area contributed by atoms with E-state index in [9.17, 15) is 0 Å². The molecule has 7 nitrogen and oxygen atoms in total. The highest BCUT2D eigenvalue weighted by Crippen LogP contribution is 2.29. The lowest BCUT2D eigenvalue weighted by Gasteiger charge is -2.26. The molecule has 2 heterocycles. The van der Waals surface area contributed by atoms with Crippen LogP contribution in [0, 0.1) is 11.3 Å². The first kappa shape index (κ1) is 23.0. The molecule has 3 aromatic rings. The Labute approximate surface area is 195 Å². The van der Waals surface area contributed by atoms with E-state index in [0.29, 0.717) is 25.1 Å². The largest absolute Gasteiger partial charge is 0.492 e. The van der Waals surface area contributed by atoms with Crippen LogP contribution in [0.4, 0.5) is 6.01 Å². The molecule has 4 rings (SSSR count). The van der Waals surface area contributed by atoms with Crippen LogP contribution in [0.2, 0.25) is 0 Å². The number of nitrogens with two attached hydrogens (primary N) is 1. The Balaban J connectivity index is 1.31. The summed E-state index contributed by atoms with van der Waals surface area (Å²) in [7, 11) is 0. The molecule has 2 aromatic carbocycles. The molecule has 0 spiro atoms. The molecule has 2 N–H and O–H groups in total. The minimum Gasteiger partial charge on any atom is -0.492 e. The van der Waals surface area contributed by atoms with Gasteiger partial charge in [0.15, 0.2) is 5.58 Å². The maximum Gasteiger partial charge on any atom is 0.313 e. The molecule has 0 saturated carbocycles. The van der Waals surface area contributed by atoms with Crippen LogP contribution < -0.4 is 15.6 Å². The van der Waals surface area contributed by atoms with Gasteiger partial charge >= 0.3 is 6.01 Å². The first-order chi connectivity index (χ1) is 15.8. The number of benzene rings is 2. The lowest BCUT2D eigenvalue weighted by molar-refractivity contribution is 0.320. The SMILES string of the molecule is CC1=NCC(C(Cc2ccc(OCCN(N)c3nc4ccccc4o3)cc2)CC(C)(C)C)=N1. The summed E-state index contributed by atoms with van der Waals surface area (Å²) < 4.78 is 11.6. The average Bonchev–Trinajstić information content (AvgIpc) is 3.40. The van der Waals surface area contributed by atoms with Crippen molar-refractivity contribution in [1.82, 2.24) is 4.98 Å². The number of ether oxygens (including phenoxy) is 1. The Morgan fingerprint density at radius 1 is 1.12 bits per heavy atom. The van der Waals surface area contributed by atoms with E-state index in [2.05, 4.69) is 42.9 Å². The van der Waals surface area contributed by atoms with Gasteiger partial charge in [-0.15, -0.1) is 0 Å². The van der Waals surface area contributed by atoms with E-state index >= 15 is 0 Å². The Bertz CT molecular complexity index is 1110. The summed E-state index contributed by atoms with van der Waals surface area (Å²) in [6, 6.07) is 16.3. The zero-order valence-corrected chi connectivity index (χ0v) is 19.9. The number of aliphatic imine (C=N–C) groups is 2. The average molecular weight is 448 g/mol. The molecule has 174 valence electrons. The van der Waals surface area contributed by atoms with E-state index in [0.717, 1.165) is 42.1 Å². The standard InChI is InChI=1S/C26H33N5O2/c1-18-28-17-23(29-18)20(16-26(2,3)4)15-19-9-11-21(12-10-19)32-14-13-31(27)25-30-22-7-5-6-8-24(22)33-25/h5-12,20H,13-17,27H2,1-4H3. The van der Waals surface area contributed by atoms with E-state index in [1.807, 2.05) is 43.3 Å². The van der Waals surface area contributed by atoms with Gasteiger partial charge in [-0.3, -0.25) is 10.0 Å². The van der Waals surface area contributed by atoms with Crippen LogP contribution >= 0.6 is 0 Å². The second-order valence-electron chi connectivity index (χ2n) is 9.78. The number of amidine groups is 1. The summed E-state index contributed by atoms with van der Waals surface area (Å²) in [5.41, 5.74) is 4.21. The second kappa shape index (κ2) is 9.75. The van der Waals surface area contributed by atoms with Crippen molar-refractivity contribution in [2.24, 2.45) is 27.2 Å². The van der Waals surface area contributed by atoms with Gasteiger partial charge in [0, 0.05) is 11.6 Å². The number of hydrogen-bond acceptors (Lipinski definition) is 7. The van der Waals surface area contributed by atoms with E-state index in [1.54, 1.807) is 0 Å². The number of oxazole rings is 1. The van der Waals surface area contributed by atoms with Crippen LogP contribution in [-0.4, -0.2) is 36.2 Å². The maximum absolute atomic E-state index is 6.10. The third-order valence-corrected chi connectivity index (χ3v) is 5.64. The van der Waals surface area contributed by atoms with Crippen LogP contribution in [0.15, 0.2) is 62.9 Å². The zero-order valence-electron chi connectivity index (χ0n) is 19.9. The highest BCUT2D eigenvalue weighted by Gasteiger charge is 2.25. The molecule has 1 aliphatic rings. The minimum atomic E-state index is 0.232. The predicted octanol–water partition coefficient (Wildman–Crippen LogP) is 5.05. The van der Waals surface area contributed by atoms with Gasteiger partial charge in [0.05, 0.1) is 13.1 Å². The van der Waals surface area contributed by atoms with Crippen LogP contribution in [0.3, 0.4) is 0 Å². The van der Waals surface area contributed by atoms with E-state index in [1.165, 1.54) is 16.3 Å². The summed E-state index contributed by atoms with van der Waals surface area (Å²) in [5, 5.41) is 1.47. The van der Waals surface area contributed by atoms with Crippen molar-refractivity contribution in [1.29, 1.82) is 0 Å². The van der Waals surface area contributed by atoms with Gasteiger partial charge in [0.1, 0.15) is 23.7 Å². The van der Waals surface area contributed by atoms with Gasteiger partial charge in [-0.2, -0.15) is 4.98 Å². The summed E-state index contributed by atoms with van der Waals surface area (Å²) in [6.45, 7) is 10.4. The maximum atomic E-state index is 6.10. The number of anilines is 1. The summed E-state index contributed by atoms with van der Waals surface area (Å²) in [6.07, 6.45) is 2.03. The number of hydrazine groups is 1. The van der Waals surface area contributed by atoms with Crippen molar-refractivity contribution >= 4 is 28.7 Å². The van der Waals surface area contributed by atoms with Gasteiger partial charge in [0.25, 0.3) is 0 Å². The van der Waals surface area contributed by atoms with Crippen LogP contribution in [0.1, 0.15) is 39.7 Å². The molecule has 0 fully saturated rings. The predicted molar refractivity (Wildman–Crippen MR) is 134 cm³/mol. The number of fused-ring (bicyclic) bond motifs is 1. The molecule has 1 aliphatic heterocycles. The number of hydrogen-bond donors (Lipinski definition) is 1. The number of nitrogens with zero attached hydrogens (tertiary/aromatic N) is 4. The molecule has 0 saturated heterocycles. The molecular formula is C26H33N5O2. The van der Waals surface area contributed by atoms with Crippen molar-refractivity contribution in [2.75, 3.05) is 24.7 Å². The molecule has 1 unspecified atom stereocenters. The Kier molecular flexibility index (Phi) is 6.79. The van der Waals surface area contributed by atoms with Gasteiger partial charge < -0.3 is 9.15 Å². The Morgan fingerprint density at radius 2 is 1.88 bits per heavy atom. The highest BCUT2D eigenvalue weighted by atomic mass is 16.5. The quantitative estimate of drug-likeness (QED) is 0.366. The van der Waals surface area contributed by atoms with Crippen molar-refractivity contribution in [3.63, 3.8) is 0 Å². The second-order valence-corrected chi connectivity index (χ2v) is 9.78. The van der Waals surface area contributed by atoms with E-state index in [-0.39, 0.29) is 5.41 Å². The fourth-order valence-electron chi connectivity index (χ4n) is 4.09.